The summed E-state index contributed by atoms with van der Waals surface area (Å²) in [6.07, 6.45) is -0.720. The molecule has 0 heterocycles. The van der Waals surface area contributed by atoms with E-state index in [1.807, 2.05) is 25.1 Å². The van der Waals surface area contributed by atoms with Crippen LogP contribution in [-0.2, 0) is 0 Å². The molecule has 0 aliphatic heterocycles. The summed E-state index contributed by atoms with van der Waals surface area (Å²) in [4.78, 5) is 0. The molecule has 0 aliphatic rings. The Kier molecular flexibility index (Phi) is 3.60. The second-order valence-corrected chi connectivity index (χ2v) is 4.82. The third kappa shape index (κ3) is 2.73. The molecule has 17 heavy (non-hydrogen) atoms. The van der Waals surface area contributed by atoms with Gasteiger partial charge in [0.05, 0.1) is 0 Å². The second kappa shape index (κ2) is 4.98. The highest BCUT2D eigenvalue weighted by Gasteiger charge is 2.11. The second-order valence-electron chi connectivity index (χ2n) is 3.96. The third-order valence-electron chi connectivity index (χ3n) is 2.68. The molecule has 1 N–H and O–H groups in total. The van der Waals surface area contributed by atoms with Gasteiger partial charge in [-0.3, -0.25) is 0 Å². The van der Waals surface area contributed by atoms with Crippen LogP contribution in [0.2, 0.25) is 0 Å². The molecule has 0 aliphatic carbocycles. The molecule has 3 heteroatoms. The van der Waals surface area contributed by atoms with Crippen molar-refractivity contribution >= 4 is 15.9 Å². The first-order valence-electron chi connectivity index (χ1n) is 5.27. The van der Waals surface area contributed by atoms with E-state index in [1.54, 1.807) is 12.1 Å². The van der Waals surface area contributed by atoms with Crippen molar-refractivity contribution in [3.05, 3.63) is 69.4 Å². The molecule has 0 fully saturated rings. The van der Waals surface area contributed by atoms with Gasteiger partial charge in [-0.05, 0) is 41.8 Å². The van der Waals surface area contributed by atoms with E-state index in [2.05, 4.69) is 15.9 Å². The molecule has 0 aromatic heterocycles. The Morgan fingerprint density at radius 1 is 1.06 bits per heavy atom. The highest BCUT2D eigenvalue weighted by atomic mass is 79.9. The number of aryl methyl sites for hydroxylation is 1. The van der Waals surface area contributed by atoms with Crippen molar-refractivity contribution in [3.63, 3.8) is 0 Å². The van der Waals surface area contributed by atoms with Crippen LogP contribution in [0.25, 0.3) is 0 Å². The van der Waals surface area contributed by atoms with Gasteiger partial charge in [0.1, 0.15) is 11.9 Å². The zero-order valence-electron chi connectivity index (χ0n) is 9.32. The van der Waals surface area contributed by atoms with Gasteiger partial charge in [0, 0.05) is 4.47 Å². The van der Waals surface area contributed by atoms with E-state index in [-0.39, 0.29) is 5.82 Å². The van der Waals surface area contributed by atoms with Crippen LogP contribution in [0.1, 0.15) is 22.8 Å². The number of aliphatic hydroxyl groups excluding tert-OH is 1. The normalized spacial score (nSPS) is 12.5. The summed E-state index contributed by atoms with van der Waals surface area (Å²) in [5, 5.41) is 10.2. The Morgan fingerprint density at radius 3 is 2.24 bits per heavy atom. The van der Waals surface area contributed by atoms with Crippen molar-refractivity contribution in [2.75, 3.05) is 0 Å². The van der Waals surface area contributed by atoms with Gasteiger partial charge in [-0.1, -0.05) is 40.2 Å². The number of benzene rings is 2. The number of hydrogen-bond acceptors (Lipinski definition) is 1. The molecule has 0 saturated carbocycles. The van der Waals surface area contributed by atoms with Crippen LogP contribution in [0.5, 0.6) is 0 Å². The van der Waals surface area contributed by atoms with Crippen molar-refractivity contribution in [1.82, 2.24) is 0 Å². The first kappa shape index (κ1) is 12.3. The molecule has 1 atom stereocenters. The fourth-order valence-corrected chi connectivity index (χ4v) is 1.92. The minimum absolute atomic E-state index is 0.298. The molecule has 0 saturated heterocycles. The van der Waals surface area contributed by atoms with Gasteiger partial charge >= 0.3 is 0 Å². The first-order chi connectivity index (χ1) is 8.08. The highest BCUT2D eigenvalue weighted by Crippen LogP contribution is 2.25. The van der Waals surface area contributed by atoms with Crippen LogP contribution >= 0.6 is 15.9 Å². The Morgan fingerprint density at radius 2 is 1.65 bits per heavy atom. The predicted molar refractivity (Wildman–Crippen MR) is 69.3 cm³/mol. The number of rotatable bonds is 2. The van der Waals surface area contributed by atoms with Crippen LogP contribution < -0.4 is 0 Å². The Hall–Kier alpha value is -1.19. The van der Waals surface area contributed by atoms with Gasteiger partial charge in [0.15, 0.2) is 0 Å². The zero-order chi connectivity index (χ0) is 12.4. The zero-order valence-corrected chi connectivity index (χ0v) is 10.9. The summed E-state index contributed by atoms with van der Waals surface area (Å²) in [7, 11) is 0. The summed E-state index contributed by atoms with van der Waals surface area (Å²) in [5.41, 5.74) is 2.55. The van der Waals surface area contributed by atoms with Gasteiger partial charge in [-0.2, -0.15) is 0 Å². The van der Waals surface area contributed by atoms with E-state index in [0.29, 0.717) is 5.56 Å². The largest absolute Gasteiger partial charge is 0.384 e. The quantitative estimate of drug-likeness (QED) is 0.888. The summed E-state index contributed by atoms with van der Waals surface area (Å²) in [5.74, 6) is -0.298. The van der Waals surface area contributed by atoms with Gasteiger partial charge < -0.3 is 5.11 Å². The molecular weight excluding hydrogens is 283 g/mol. The van der Waals surface area contributed by atoms with E-state index < -0.39 is 6.10 Å². The topological polar surface area (TPSA) is 20.2 Å². The van der Waals surface area contributed by atoms with Gasteiger partial charge in [-0.15, -0.1) is 0 Å². The average Bonchev–Trinajstić information content (AvgIpc) is 2.33. The fourth-order valence-electron chi connectivity index (χ4n) is 1.68. The molecule has 0 bridgehead atoms. The number of aliphatic hydroxyl groups is 1. The summed E-state index contributed by atoms with van der Waals surface area (Å²) in [6, 6.07) is 11.6. The minimum Gasteiger partial charge on any atom is -0.384 e. The molecule has 0 amide bonds. The molecule has 0 radical (unpaired) electrons. The van der Waals surface area contributed by atoms with Gasteiger partial charge in [-0.25, -0.2) is 4.39 Å². The Labute approximate surface area is 108 Å². The monoisotopic (exact) mass is 294 g/mol. The molecule has 1 nitrogen and oxygen atoms in total. The maximum Gasteiger partial charge on any atom is 0.123 e. The lowest BCUT2D eigenvalue weighted by Gasteiger charge is -2.12. The third-order valence-corrected chi connectivity index (χ3v) is 3.57. The predicted octanol–water partition coefficient (Wildman–Crippen LogP) is 3.98. The summed E-state index contributed by atoms with van der Waals surface area (Å²) >= 11 is 3.41. The maximum atomic E-state index is 12.8. The van der Waals surface area contributed by atoms with E-state index in [9.17, 15) is 9.50 Å². The van der Waals surface area contributed by atoms with Crippen molar-refractivity contribution in [1.29, 1.82) is 0 Å². The molecule has 0 spiro atoms. The van der Waals surface area contributed by atoms with Crippen LogP contribution in [-0.4, -0.2) is 5.11 Å². The van der Waals surface area contributed by atoms with E-state index in [0.717, 1.165) is 15.6 Å². The van der Waals surface area contributed by atoms with E-state index in [4.69, 9.17) is 0 Å². The van der Waals surface area contributed by atoms with E-state index >= 15 is 0 Å². The standard InChI is InChI=1S/C14H12BrFO/c1-9-8-11(4-7-13(9)15)14(17)10-2-5-12(16)6-3-10/h2-8,14,17H,1H3. The van der Waals surface area contributed by atoms with Crippen LogP contribution in [0, 0.1) is 12.7 Å². The van der Waals surface area contributed by atoms with Crippen molar-refractivity contribution < 1.29 is 9.50 Å². The average molecular weight is 295 g/mol. The molecule has 2 aromatic carbocycles. The van der Waals surface area contributed by atoms with E-state index in [1.165, 1.54) is 12.1 Å². The highest BCUT2D eigenvalue weighted by molar-refractivity contribution is 9.10. The maximum absolute atomic E-state index is 12.8. The lowest BCUT2D eigenvalue weighted by atomic mass is 10.0. The van der Waals surface area contributed by atoms with Crippen LogP contribution in [0.4, 0.5) is 4.39 Å². The molecule has 1 unspecified atom stereocenters. The lowest BCUT2D eigenvalue weighted by molar-refractivity contribution is 0.220. The molecule has 2 rings (SSSR count). The fraction of sp³-hybridized carbons (Fsp3) is 0.143. The van der Waals surface area contributed by atoms with Crippen molar-refractivity contribution in [2.24, 2.45) is 0 Å². The molecular formula is C14H12BrFO. The first-order valence-corrected chi connectivity index (χ1v) is 6.07. The Balaban J connectivity index is 2.33. The molecule has 2 aromatic rings. The summed E-state index contributed by atoms with van der Waals surface area (Å²) < 4.78 is 13.8. The van der Waals surface area contributed by atoms with Crippen LogP contribution in [0.15, 0.2) is 46.9 Å². The number of hydrogen-bond donors (Lipinski definition) is 1. The van der Waals surface area contributed by atoms with Gasteiger partial charge in [0.2, 0.25) is 0 Å². The minimum atomic E-state index is -0.720. The number of halogens is 2. The molecule has 88 valence electrons. The van der Waals surface area contributed by atoms with Crippen molar-refractivity contribution in [2.45, 2.75) is 13.0 Å². The van der Waals surface area contributed by atoms with Crippen LogP contribution in [0.3, 0.4) is 0 Å². The summed E-state index contributed by atoms with van der Waals surface area (Å²) in [6.45, 7) is 1.96. The smallest absolute Gasteiger partial charge is 0.123 e. The Bertz CT molecular complexity index is 522. The van der Waals surface area contributed by atoms with Gasteiger partial charge in [0.25, 0.3) is 0 Å². The lowest BCUT2D eigenvalue weighted by Crippen LogP contribution is -2.00. The SMILES string of the molecule is Cc1cc(C(O)c2ccc(F)cc2)ccc1Br. The van der Waals surface area contributed by atoms with Crippen molar-refractivity contribution in [3.8, 4) is 0 Å².